The number of fused-ring (bicyclic) bond motifs is 5. The molecule has 4 saturated carbocycles. The van der Waals surface area contributed by atoms with Gasteiger partial charge in [0.25, 0.3) is 0 Å². The van der Waals surface area contributed by atoms with Crippen LogP contribution in [-0.4, -0.2) is 121 Å². The van der Waals surface area contributed by atoms with Crippen molar-refractivity contribution >= 4 is 30.2 Å². The number of aliphatic hydroxyl groups is 1. The normalized spacial score (nSPS) is 47.7. The second-order valence-electron chi connectivity index (χ2n) is 19.9. The summed E-state index contributed by atoms with van der Waals surface area (Å²) in [4.78, 5) is 60.6. The van der Waals surface area contributed by atoms with E-state index in [0.717, 1.165) is 57.7 Å². The van der Waals surface area contributed by atoms with Crippen molar-refractivity contribution in [2.45, 2.75) is 225 Å². The van der Waals surface area contributed by atoms with Gasteiger partial charge >= 0.3 is 23.9 Å². The highest BCUT2D eigenvalue weighted by Gasteiger charge is 2.67. The monoisotopic (exact) mass is 878 g/mol. The van der Waals surface area contributed by atoms with Gasteiger partial charge < -0.3 is 57.3 Å². The molecule has 3 saturated heterocycles. The second kappa shape index (κ2) is 18.6. The van der Waals surface area contributed by atoms with Gasteiger partial charge in [0.1, 0.15) is 36.8 Å². The van der Waals surface area contributed by atoms with Crippen LogP contribution < -0.4 is 0 Å². The van der Waals surface area contributed by atoms with Gasteiger partial charge in [-0.1, -0.05) is 13.8 Å². The molecule has 7 aliphatic rings. The number of hydrogen-bond acceptors (Lipinski definition) is 16. The van der Waals surface area contributed by atoms with Gasteiger partial charge in [-0.3, -0.25) is 19.2 Å². The van der Waals surface area contributed by atoms with Crippen molar-refractivity contribution in [2.75, 3.05) is 0 Å². The Kier molecular flexibility index (Phi) is 14.2. The van der Waals surface area contributed by atoms with Gasteiger partial charge in [0.2, 0.25) is 0 Å². The average Bonchev–Trinajstić information content (AvgIpc) is 3.45. The summed E-state index contributed by atoms with van der Waals surface area (Å²) in [5.74, 6) is -1.14. The molecule has 350 valence electrons. The van der Waals surface area contributed by atoms with Crippen molar-refractivity contribution in [3.63, 3.8) is 0 Å². The Balaban J connectivity index is 0.967. The van der Waals surface area contributed by atoms with Crippen molar-refractivity contribution in [2.24, 2.45) is 34.5 Å². The lowest BCUT2D eigenvalue weighted by atomic mass is 9.43. The van der Waals surface area contributed by atoms with E-state index in [2.05, 4.69) is 13.8 Å². The average molecular weight is 879 g/mol. The Hall–Kier alpha value is -2.73. The van der Waals surface area contributed by atoms with Crippen LogP contribution in [0.15, 0.2) is 0 Å². The van der Waals surface area contributed by atoms with Crippen LogP contribution >= 0.6 is 0 Å². The number of carbonyl (C=O) groups is 5. The van der Waals surface area contributed by atoms with E-state index in [4.69, 9.17) is 47.4 Å². The minimum absolute atomic E-state index is 0.0444. The molecule has 16 nitrogen and oxygen atoms in total. The van der Waals surface area contributed by atoms with Gasteiger partial charge in [-0.05, 0) is 102 Å². The lowest BCUT2D eigenvalue weighted by Crippen LogP contribution is -2.62. The zero-order valence-corrected chi connectivity index (χ0v) is 37.9. The predicted octanol–water partition coefficient (Wildman–Crippen LogP) is 5.25. The van der Waals surface area contributed by atoms with Crippen LogP contribution in [0, 0.1) is 34.5 Å². The minimum Gasteiger partial charge on any atom is -0.459 e. The van der Waals surface area contributed by atoms with Crippen LogP contribution in [0.5, 0.6) is 0 Å². The zero-order chi connectivity index (χ0) is 44.9. The van der Waals surface area contributed by atoms with E-state index in [1.165, 1.54) is 27.7 Å². The molecule has 7 rings (SSSR count). The maximum atomic E-state index is 12.5. The van der Waals surface area contributed by atoms with Crippen LogP contribution in [0.4, 0.5) is 0 Å². The standard InChI is InChI=1S/C46H70O16/c1-23-41(59-29(7)51)35(56-26(4)48)20-39(54-23)61-43-25(3)55-40(21-37(43)58-28(6)50)62-42-24(2)53-38(19-36(42)57-27(5)49)60-32-13-15-44(8)30(18-32)10-11-34-33(44)14-16-45(9)31(22-47)12-17-46(34,45)52/h22-25,30-43,52H,10-21H2,1-9H3/t23-,24-,25-,30-,31-,32+,33+,34-,35+,36+,37+,38+,39+,40+,41-,42-,43-,44+,45-,46+/m1/s1. The Morgan fingerprint density at radius 3 is 1.55 bits per heavy atom. The van der Waals surface area contributed by atoms with Crippen LogP contribution in [0.2, 0.25) is 0 Å². The topological polar surface area (TPSA) is 198 Å². The Morgan fingerprint density at radius 2 is 1.05 bits per heavy atom. The number of aldehydes is 1. The number of ether oxygens (including phenoxy) is 10. The Morgan fingerprint density at radius 1 is 0.565 bits per heavy atom. The Labute approximate surface area is 365 Å². The molecule has 0 aromatic heterocycles. The van der Waals surface area contributed by atoms with Gasteiger partial charge in [0.15, 0.2) is 25.0 Å². The van der Waals surface area contributed by atoms with Crippen molar-refractivity contribution in [1.82, 2.24) is 0 Å². The molecule has 0 bridgehead atoms. The van der Waals surface area contributed by atoms with Gasteiger partial charge in [-0.15, -0.1) is 0 Å². The van der Waals surface area contributed by atoms with Crippen molar-refractivity contribution in [3.8, 4) is 0 Å². The molecule has 62 heavy (non-hydrogen) atoms. The fraction of sp³-hybridized carbons (Fsp3) is 0.891. The number of hydrogen-bond donors (Lipinski definition) is 1. The molecule has 0 spiro atoms. The van der Waals surface area contributed by atoms with E-state index in [1.54, 1.807) is 13.8 Å². The smallest absolute Gasteiger partial charge is 0.303 e. The maximum Gasteiger partial charge on any atom is 0.303 e. The molecule has 0 amide bonds. The highest BCUT2D eigenvalue weighted by molar-refractivity contribution is 5.68. The highest BCUT2D eigenvalue weighted by Crippen LogP contribution is 2.69. The first kappa shape index (κ1) is 47.2. The quantitative estimate of drug-likeness (QED) is 0.122. The fourth-order valence-electron chi connectivity index (χ4n) is 13.1. The molecule has 16 heteroatoms. The van der Waals surface area contributed by atoms with Crippen LogP contribution in [0.3, 0.4) is 0 Å². The maximum absolute atomic E-state index is 12.5. The lowest BCUT2D eigenvalue weighted by molar-refractivity contribution is -0.337. The molecule has 4 aliphatic carbocycles. The van der Waals surface area contributed by atoms with E-state index < -0.39 is 103 Å². The molecule has 7 fully saturated rings. The first-order valence-electron chi connectivity index (χ1n) is 23.0. The summed E-state index contributed by atoms with van der Waals surface area (Å²) in [5.41, 5.74) is -1.07. The van der Waals surface area contributed by atoms with E-state index in [1.807, 2.05) is 6.92 Å². The molecule has 3 aliphatic heterocycles. The minimum atomic E-state index is -0.918. The molecule has 0 aromatic rings. The number of rotatable bonds is 11. The van der Waals surface area contributed by atoms with Crippen molar-refractivity contribution in [3.05, 3.63) is 0 Å². The number of esters is 4. The molecule has 1 N–H and O–H groups in total. The molecule has 0 unspecified atom stereocenters. The first-order chi connectivity index (χ1) is 29.2. The second-order valence-corrected chi connectivity index (χ2v) is 19.9. The largest absolute Gasteiger partial charge is 0.459 e. The molecule has 20 atom stereocenters. The Bertz CT molecular complexity index is 1660. The van der Waals surface area contributed by atoms with Crippen LogP contribution in [-0.2, 0) is 71.3 Å². The third kappa shape index (κ3) is 9.35. The molecule has 0 aromatic carbocycles. The van der Waals surface area contributed by atoms with Gasteiger partial charge in [0.05, 0.1) is 30.0 Å². The van der Waals surface area contributed by atoms with E-state index in [9.17, 15) is 29.1 Å². The zero-order valence-electron chi connectivity index (χ0n) is 37.9. The fourth-order valence-corrected chi connectivity index (χ4v) is 13.1. The third-order valence-electron chi connectivity index (χ3n) is 16.1. The van der Waals surface area contributed by atoms with Crippen LogP contribution in [0.25, 0.3) is 0 Å². The summed E-state index contributed by atoms with van der Waals surface area (Å²) in [6.07, 6.45) is 0.328. The molecular weight excluding hydrogens is 808 g/mol. The highest BCUT2D eigenvalue weighted by atomic mass is 16.8. The van der Waals surface area contributed by atoms with Gasteiger partial charge in [0, 0.05) is 58.3 Å². The third-order valence-corrected chi connectivity index (χ3v) is 16.1. The van der Waals surface area contributed by atoms with Gasteiger partial charge in [-0.2, -0.15) is 0 Å². The molecule has 0 radical (unpaired) electrons. The first-order valence-corrected chi connectivity index (χ1v) is 23.0. The summed E-state index contributed by atoms with van der Waals surface area (Å²) >= 11 is 0. The predicted molar refractivity (Wildman–Crippen MR) is 216 cm³/mol. The molecular formula is C46H70O16. The van der Waals surface area contributed by atoms with E-state index >= 15 is 0 Å². The van der Waals surface area contributed by atoms with Crippen molar-refractivity contribution < 1.29 is 76.4 Å². The summed E-state index contributed by atoms with van der Waals surface area (Å²) in [6, 6.07) is 0. The van der Waals surface area contributed by atoms with Crippen LogP contribution in [0.1, 0.15) is 139 Å². The summed E-state index contributed by atoms with van der Waals surface area (Å²) < 4.78 is 61.0. The number of carbonyl (C=O) groups excluding carboxylic acids is 5. The SMILES string of the molecule is CC(=O)O[C@H]1[C@@H](OC(C)=O)C[C@H](O[C@H]2[C@@H](OC(C)=O)C[C@H](O[C@H]3[C@@H](OC(C)=O)C[C@H](O[C@H]4CC[C@@]5(C)[C@H](CC[C@@H]6[C@@H]5CC[C@]5(C)[C@@H](C=O)CC[C@]65O)C4)O[C@@H]3C)O[C@@H]2C)O[C@@H]1C. The summed E-state index contributed by atoms with van der Waals surface area (Å²) in [6.45, 7) is 15.0. The van der Waals surface area contributed by atoms with Crippen molar-refractivity contribution in [1.29, 1.82) is 0 Å². The van der Waals surface area contributed by atoms with E-state index in [-0.39, 0.29) is 48.0 Å². The lowest BCUT2D eigenvalue weighted by Gasteiger charge is -2.63. The summed E-state index contributed by atoms with van der Waals surface area (Å²) in [5, 5.41) is 12.3. The molecule has 3 heterocycles. The van der Waals surface area contributed by atoms with E-state index in [0.29, 0.717) is 18.3 Å². The van der Waals surface area contributed by atoms with Gasteiger partial charge in [-0.25, -0.2) is 0 Å². The summed E-state index contributed by atoms with van der Waals surface area (Å²) in [7, 11) is 0.